The Kier molecular flexibility index (Phi) is 5.81. The van der Waals surface area contributed by atoms with Gasteiger partial charge in [-0.15, -0.1) is 0 Å². The van der Waals surface area contributed by atoms with Crippen molar-refractivity contribution in [3.05, 3.63) is 69.5 Å². The maximum absolute atomic E-state index is 13.5. The molecule has 0 saturated carbocycles. The Balaban J connectivity index is 2.08. The van der Waals surface area contributed by atoms with Crippen molar-refractivity contribution in [3.63, 3.8) is 0 Å². The summed E-state index contributed by atoms with van der Waals surface area (Å²) in [7, 11) is 0. The summed E-state index contributed by atoms with van der Waals surface area (Å²) < 4.78 is 13.5. The van der Waals surface area contributed by atoms with Gasteiger partial charge in [0.05, 0.1) is 15.6 Å². The van der Waals surface area contributed by atoms with Gasteiger partial charge in [-0.2, -0.15) is 0 Å². The average molecular weight is 340 g/mol. The summed E-state index contributed by atoms with van der Waals surface area (Å²) in [4.78, 5) is 12.2. The van der Waals surface area contributed by atoms with Crippen molar-refractivity contribution in [2.24, 2.45) is 0 Å². The lowest BCUT2D eigenvalue weighted by molar-refractivity contribution is 0.0950. The van der Waals surface area contributed by atoms with Crippen molar-refractivity contribution in [2.75, 3.05) is 6.54 Å². The molecule has 0 aromatic heterocycles. The molecule has 0 radical (unpaired) electrons. The number of hydrogen-bond donors (Lipinski definition) is 1. The number of benzene rings is 2. The third kappa shape index (κ3) is 3.99. The number of rotatable bonds is 5. The molecule has 1 N–H and O–H groups in total. The summed E-state index contributed by atoms with van der Waals surface area (Å²) in [6.45, 7) is 2.51. The van der Waals surface area contributed by atoms with Gasteiger partial charge in [0, 0.05) is 12.5 Å². The van der Waals surface area contributed by atoms with Gasteiger partial charge in [-0.25, -0.2) is 4.39 Å². The molecule has 0 fully saturated rings. The fourth-order valence-corrected chi connectivity index (χ4v) is 2.70. The topological polar surface area (TPSA) is 29.1 Å². The van der Waals surface area contributed by atoms with Crippen molar-refractivity contribution >= 4 is 29.1 Å². The smallest absolute Gasteiger partial charge is 0.252 e. The first-order chi connectivity index (χ1) is 10.5. The molecule has 0 aliphatic heterocycles. The monoisotopic (exact) mass is 339 g/mol. The molecule has 116 valence electrons. The Bertz CT molecular complexity index is 661. The normalized spacial score (nSPS) is 12.0. The second-order valence-corrected chi connectivity index (χ2v) is 5.79. The molecule has 22 heavy (non-hydrogen) atoms. The van der Waals surface area contributed by atoms with E-state index in [2.05, 4.69) is 12.2 Å². The quantitative estimate of drug-likeness (QED) is 0.758. The molecule has 0 aliphatic rings. The van der Waals surface area contributed by atoms with Crippen LogP contribution in [0.3, 0.4) is 0 Å². The highest BCUT2D eigenvalue weighted by atomic mass is 35.5. The molecule has 0 saturated heterocycles. The predicted octanol–water partition coefficient (Wildman–Crippen LogP) is 5.06. The van der Waals surface area contributed by atoms with E-state index in [9.17, 15) is 9.18 Å². The zero-order chi connectivity index (χ0) is 16.1. The van der Waals surface area contributed by atoms with Crippen LogP contribution >= 0.6 is 23.2 Å². The minimum absolute atomic E-state index is 0.0893. The minimum Gasteiger partial charge on any atom is -0.351 e. The molecule has 0 spiro atoms. The van der Waals surface area contributed by atoms with Gasteiger partial charge < -0.3 is 5.32 Å². The van der Waals surface area contributed by atoms with E-state index in [1.165, 1.54) is 6.07 Å². The first-order valence-electron chi connectivity index (χ1n) is 7.00. The van der Waals surface area contributed by atoms with Crippen molar-refractivity contribution in [2.45, 2.75) is 19.3 Å². The van der Waals surface area contributed by atoms with E-state index in [0.717, 1.165) is 18.1 Å². The van der Waals surface area contributed by atoms with E-state index in [1.54, 1.807) is 0 Å². The van der Waals surface area contributed by atoms with Gasteiger partial charge in [0.15, 0.2) is 0 Å². The first-order valence-corrected chi connectivity index (χ1v) is 7.76. The van der Waals surface area contributed by atoms with Crippen LogP contribution in [0.5, 0.6) is 0 Å². The highest BCUT2D eigenvalue weighted by molar-refractivity contribution is 6.36. The van der Waals surface area contributed by atoms with Crippen molar-refractivity contribution in [3.8, 4) is 0 Å². The van der Waals surface area contributed by atoms with Crippen molar-refractivity contribution in [1.82, 2.24) is 5.32 Å². The Morgan fingerprint density at radius 3 is 2.50 bits per heavy atom. The van der Waals surface area contributed by atoms with E-state index in [-0.39, 0.29) is 21.5 Å². The SMILES string of the molecule is CC[C@H](CNC(=O)c1cc(F)c(Cl)cc1Cl)c1ccccc1. The van der Waals surface area contributed by atoms with Crippen LogP contribution in [-0.2, 0) is 0 Å². The third-order valence-electron chi connectivity index (χ3n) is 3.53. The Morgan fingerprint density at radius 2 is 1.86 bits per heavy atom. The second-order valence-electron chi connectivity index (χ2n) is 4.97. The van der Waals surface area contributed by atoms with Crippen LogP contribution in [-0.4, -0.2) is 12.5 Å². The summed E-state index contributed by atoms with van der Waals surface area (Å²) in [5.74, 6) is -0.873. The van der Waals surface area contributed by atoms with Gasteiger partial charge in [-0.3, -0.25) is 4.79 Å². The van der Waals surface area contributed by atoms with E-state index in [0.29, 0.717) is 6.54 Å². The van der Waals surface area contributed by atoms with Crippen LogP contribution in [0, 0.1) is 5.82 Å². The third-order valence-corrected chi connectivity index (χ3v) is 4.13. The number of carbonyl (C=O) groups excluding carboxylic acids is 1. The number of halogens is 3. The van der Waals surface area contributed by atoms with Crippen LogP contribution in [0.25, 0.3) is 0 Å². The molecule has 0 aliphatic carbocycles. The van der Waals surface area contributed by atoms with Crippen LogP contribution in [0.4, 0.5) is 4.39 Å². The van der Waals surface area contributed by atoms with Crippen molar-refractivity contribution < 1.29 is 9.18 Å². The Morgan fingerprint density at radius 1 is 1.18 bits per heavy atom. The standard InChI is InChI=1S/C17H16Cl2FNO/c1-2-11(12-6-4-3-5-7-12)10-21-17(22)13-8-16(20)15(19)9-14(13)18/h3-9,11H,2,10H2,1H3,(H,21,22)/t11-/m1/s1. The Labute approximate surface area is 139 Å². The zero-order valence-corrected chi connectivity index (χ0v) is 13.6. The molecular weight excluding hydrogens is 324 g/mol. The van der Waals surface area contributed by atoms with E-state index in [1.807, 2.05) is 30.3 Å². The first kappa shape index (κ1) is 16.8. The molecule has 1 amide bonds. The minimum atomic E-state index is -0.661. The van der Waals surface area contributed by atoms with Gasteiger partial charge in [0.1, 0.15) is 5.82 Å². The largest absolute Gasteiger partial charge is 0.351 e. The molecule has 2 aromatic rings. The number of nitrogens with one attached hydrogen (secondary N) is 1. The summed E-state index contributed by atoms with van der Waals surface area (Å²) >= 11 is 11.6. The molecule has 2 nitrogen and oxygen atoms in total. The van der Waals surface area contributed by atoms with Crippen LogP contribution in [0.15, 0.2) is 42.5 Å². The van der Waals surface area contributed by atoms with Gasteiger partial charge in [-0.1, -0.05) is 60.5 Å². The molecule has 2 aromatic carbocycles. The fourth-order valence-electron chi connectivity index (χ4n) is 2.23. The maximum Gasteiger partial charge on any atom is 0.252 e. The summed E-state index contributed by atoms with van der Waals surface area (Å²) in [5.41, 5.74) is 1.24. The van der Waals surface area contributed by atoms with Gasteiger partial charge in [0.2, 0.25) is 0 Å². The molecule has 0 bridgehead atoms. The molecular formula is C17H16Cl2FNO. The van der Waals surface area contributed by atoms with Gasteiger partial charge >= 0.3 is 0 Å². The second kappa shape index (κ2) is 7.61. The maximum atomic E-state index is 13.5. The molecule has 2 rings (SSSR count). The van der Waals surface area contributed by atoms with Crippen LogP contribution in [0.1, 0.15) is 35.2 Å². The Hall–Kier alpha value is -1.58. The number of carbonyl (C=O) groups is 1. The summed E-state index contributed by atoms with van der Waals surface area (Å²) in [5, 5.41) is 2.84. The summed E-state index contributed by atoms with van der Waals surface area (Å²) in [6, 6.07) is 12.2. The van der Waals surface area contributed by atoms with Crippen LogP contribution < -0.4 is 5.32 Å². The average Bonchev–Trinajstić information content (AvgIpc) is 2.52. The lowest BCUT2D eigenvalue weighted by Gasteiger charge is -2.16. The lowest BCUT2D eigenvalue weighted by Crippen LogP contribution is -2.28. The van der Waals surface area contributed by atoms with E-state index in [4.69, 9.17) is 23.2 Å². The van der Waals surface area contributed by atoms with Crippen LogP contribution in [0.2, 0.25) is 10.0 Å². The zero-order valence-electron chi connectivity index (χ0n) is 12.1. The molecule has 5 heteroatoms. The number of amides is 1. The molecule has 1 atom stereocenters. The lowest BCUT2D eigenvalue weighted by atomic mass is 9.96. The summed E-state index contributed by atoms with van der Waals surface area (Å²) in [6.07, 6.45) is 0.882. The fraction of sp³-hybridized carbons (Fsp3) is 0.235. The number of hydrogen-bond acceptors (Lipinski definition) is 1. The van der Waals surface area contributed by atoms with Gasteiger partial charge in [0.25, 0.3) is 5.91 Å². The van der Waals surface area contributed by atoms with E-state index >= 15 is 0 Å². The van der Waals surface area contributed by atoms with Gasteiger partial charge in [-0.05, 0) is 24.1 Å². The predicted molar refractivity (Wildman–Crippen MR) is 88.2 cm³/mol. The molecule has 0 heterocycles. The van der Waals surface area contributed by atoms with Crippen molar-refractivity contribution in [1.29, 1.82) is 0 Å². The highest BCUT2D eigenvalue weighted by Crippen LogP contribution is 2.24. The van der Waals surface area contributed by atoms with E-state index < -0.39 is 11.7 Å². The molecule has 0 unspecified atom stereocenters. The highest BCUT2D eigenvalue weighted by Gasteiger charge is 2.16.